The molecular weight excluding hydrogens is 387 g/mol. The Morgan fingerprint density at radius 2 is 1.83 bits per heavy atom. The number of carbonyl (C=O) groups is 1. The molecule has 158 valence electrons. The molecule has 1 amide bonds. The van der Waals surface area contributed by atoms with E-state index in [0.29, 0.717) is 11.3 Å². The van der Waals surface area contributed by atoms with Crippen molar-refractivity contribution in [1.82, 2.24) is 5.32 Å². The summed E-state index contributed by atoms with van der Waals surface area (Å²) < 4.78 is 46.5. The molecule has 0 aliphatic rings. The SMILES string of the molecule is Cc1ccc(OC(C)C(=O)NCC(CO)Cc2cccc(OC(F)(F)F)c2)cc1. The molecule has 2 rings (SSSR count). The number of benzene rings is 2. The maximum Gasteiger partial charge on any atom is 0.573 e. The molecule has 2 aromatic rings. The fourth-order valence-electron chi connectivity index (χ4n) is 2.67. The Labute approximate surface area is 167 Å². The van der Waals surface area contributed by atoms with Gasteiger partial charge in [0.1, 0.15) is 11.5 Å². The molecule has 0 bridgehead atoms. The second-order valence-corrected chi connectivity index (χ2v) is 6.77. The molecule has 2 atom stereocenters. The lowest BCUT2D eigenvalue weighted by molar-refractivity contribution is -0.274. The molecule has 0 fully saturated rings. The van der Waals surface area contributed by atoms with Crippen LogP contribution in [-0.2, 0) is 11.2 Å². The minimum atomic E-state index is -4.77. The predicted molar refractivity (Wildman–Crippen MR) is 102 cm³/mol. The molecule has 0 saturated heterocycles. The van der Waals surface area contributed by atoms with E-state index in [-0.39, 0.29) is 37.1 Å². The smallest absolute Gasteiger partial charge is 0.481 e. The van der Waals surface area contributed by atoms with E-state index in [0.717, 1.165) is 5.56 Å². The quantitative estimate of drug-likeness (QED) is 0.661. The third kappa shape index (κ3) is 8.03. The molecule has 5 nitrogen and oxygen atoms in total. The second-order valence-electron chi connectivity index (χ2n) is 6.77. The van der Waals surface area contributed by atoms with E-state index in [4.69, 9.17) is 4.74 Å². The number of hydrogen-bond donors (Lipinski definition) is 2. The summed E-state index contributed by atoms with van der Waals surface area (Å²) in [5, 5.41) is 12.3. The van der Waals surface area contributed by atoms with Crippen LogP contribution in [0, 0.1) is 12.8 Å². The van der Waals surface area contributed by atoms with Crippen molar-refractivity contribution in [2.24, 2.45) is 5.92 Å². The summed E-state index contributed by atoms with van der Waals surface area (Å²) in [7, 11) is 0. The Hall–Kier alpha value is -2.74. The van der Waals surface area contributed by atoms with E-state index in [1.807, 2.05) is 19.1 Å². The summed E-state index contributed by atoms with van der Waals surface area (Å²) in [4.78, 5) is 12.2. The third-order valence-corrected chi connectivity index (χ3v) is 4.18. The van der Waals surface area contributed by atoms with Gasteiger partial charge in [0.05, 0.1) is 0 Å². The van der Waals surface area contributed by atoms with Crippen LogP contribution in [0.3, 0.4) is 0 Å². The molecule has 0 aromatic heterocycles. The Bertz CT molecular complexity index is 793. The highest BCUT2D eigenvalue weighted by Crippen LogP contribution is 2.24. The van der Waals surface area contributed by atoms with Gasteiger partial charge in [-0.3, -0.25) is 4.79 Å². The number of hydrogen-bond acceptors (Lipinski definition) is 4. The lowest BCUT2D eigenvalue weighted by Crippen LogP contribution is -2.40. The highest BCUT2D eigenvalue weighted by Gasteiger charge is 2.31. The molecule has 0 radical (unpaired) electrons. The van der Waals surface area contributed by atoms with Crippen molar-refractivity contribution >= 4 is 5.91 Å². The Morgan fingerprint density at radius 1 is 1.14 bits per heavy atom. The molecule has 0 aliphatic heterocycles. The maximum atomic E-state index is 12.3. The van der Waals surface area contributed by atoms with E-state index in [2.05, 4.69) is 10.1 Å². The van der Waals surface area contributed by atoms with Gasteiger partial charge in [-0.05, 0) is 50.1 Å². The van der Waals surface area contributed by atoms with E-state index >= 15 is 0 Å². The van der Waals surface area contributed by atoms with Crippen LogP contribution in [0.4, 0.5) is 13.2 Å². The van der Waals surface area contributed by atoms with Gasteiger partial charge in [0.25, 0.3) is 5.91 Å². The summed E-state index contributed by atoms with van der Waals surface area (Å²) in [5.41, 5.74) is 1.63. The van der Waals surface area contributed by atoms with E-state index in [1.165, 1.54) is 18.2 Å². The van der Waals surface area contributed by atoms with Gasteiger partial charge in [-0.1, -0.05) is 29.8 Å². The molecule has 0 spiro atoms. The van der Waals surface area contributed by atoms with Gasteiger partial charge in [-0.2, -0.15) is 0 Å². The summed E-state index contributed by atoms with van der Waals surface area (Å²) in [6.45, 7) is 3.47. The highest BCUT2D eigenvalue weighted by atomic mass is 19.4. The number of aliphatic hydroxyl groups excluding tert-OH is 1. The zero-order valence-corrected chi connectivity index (χ0v) is 16.2. The maximum absolute atomic E-state index is 12.3. The topological polar surface area (TPSA) is 67.8 Å². The van der Waals surface area contributed by atoms with Crippen LogP contribution < -0.4 is 14.8 Å². The fraction of sp³-hybridized carbons (Fsp3) is 0.381. The number of carbonyl (C=O) groups excluding carboxylic acids is 1. The van der Waals surface area contributed by atoms with Gasteiger partial charge < -0.3 is 19.9 Å². The van der Waals surface area contributed by atoms with Crippen LogP contribution in [0.25, 0.3) is 0 Å². The van der Waals surface area contributed by atoms with Crippen molar-refractivity contribution in [3.8, 4) is 11.5 Å². The molecule has 2 N–H and O–H groups in total. The predicted octanol–water partition coefficient (Wildman–Crippen LogP) is 3.63. The third-order valence-electron chi connectivity index (χ3n) is 4.18. The van der Waals surface area contributed by atoms with Gasteiger partial charge in [0.2, 0.25) is 0 Å². The van der Waals surface area contributed by atoms with Crippen molar-refractivity contribution in [1.29, 1.82) is 0 Å². The highest BCUT2D eigenvalue weighted by molar-refractivity contribution is 5.80. The molecule has 29 heavy (non-hydrogen) atoms. The van der Waals surface area contributed by atoms with E-state index in [1.54, 1.807) is 25.1 Å². The van der Waals surface area contributed by atoms with Crippen molar-refractivity contribution in [2.75, 3.05) is 13.2 Å². The van der Waals surface area contributed by atoms with E-state index in [9.17, 15) is 23.1 Å². The standard InChI is InChI=1S/C21H24F3NO4/c1-14-6-8-18(9-7-14)28-15(2)20(27)25-12-17(13-26)10-16-4-3-5-19(11-16)29-21(22,23)24/h3-9,11,15,17,26H,10,12-13H2,1-2H3,(H,25,27). The fourth-order valence-corrected chi connectivity index (χ4v) is 2.67. The van der Waals surface area contributed by atoms with E-state index < -0.39 is 12.5 Å². The Morgan fingerprint density at radius 3 is 2.45 bits per heavy atom. The Balaban J connectivity index is 1.87. The summed E-state index contributed by atoms with van der Waals surface area (Å²) >= 11 is 0. The summed E-state index contributed by atoms with van der Waals surface area (Å²) in [6, 6.07) is 12.8. The van der Waals surface area contributed by atoms with Gasteiger partial charge in [0.15, 0.2) is 6.10 Å². The largest absolute Gasteiger partial charge is 0.573 e. The number of aryl methyl sites for hydroxylation is 1. The van der Waals surface area contributed by atoms with Crippen LogP contribution in [0.1, 0.15) is 18.1 Å². The van der Waals surface area contributed by atoms with Crippen LogP contribution in [-0.4, -0.2) is 36.6 Å². The van der Waals surface area contributed by atoms with Gasteiger partial charge in [0, 0.05) is 19.1 Å². The minimum Gasteiger partial charge on any atom is -0.481 e. The second kappa shape index (κ2) is 10.2. The van der Waals surface area contributed by atoms with Crippen LogP contribution >= 0.6 is 0 Å². The number of aliphatic hydroxyl groups is 1. The molecule has 2 aromatic carbocycles. The zero-order chi connectivity index (χ0) is 21.4. The number of halogens is 3. The first-order valence-corrected chi connectivity index (χ1v) is 9.13. The molecule has 0 aliphatic carbocycles. The van der Waals surface area contributed by atoms with Crippen molar-refractivity contribution in [3.05, 3.63) is 59.7 Å². The lowest BCUT2D eigenvalue weighted by atomic mass is 10.00. The number of amides is 1. The van der Waals surface area contributed by atoms with Crippen molar-refractivity contribution in [2.45, 2.75) is 32.7 Å². The Kier molecular flexibility index (Phi) is 7.90. The molecule has 8 heteroatoms. The first-order valence-electron chi connectivity index (χ1n) is 9.13. The minimum absolute atomic E-state index is 0.154. The first-order chi connectivity index (χ1) is 13.7. The average Bonchev–Trinajstić information content (AvgIpc) is 2.65. The lowest BCUT2D eigenvalue weighted by Gasteiger charge is -2.19. The van der Waals surface area contributed by atoms with Gasteiger partial charge >= 0.3 is 6.36 Å². The molecular formula is C21H24F3NO4. The molecule has 0 heterocycles. The molecule has 0 saturated carbocycles. The normalized spacial score (nSPS) is 13.4. The monoisotopic (exact) mass is 411 g/mol. The van der Waals surface area contributed by atoms with Crippen molar-refractivity contribution < 1.29 is 32.5 Å². The van der Waals surface area contributed by atoms with Crippen LogP contribution in [0.5, 0.6) is 11.5 Å². The van der Waals surface area contributed by atoms with Crippen LogP contribution in [0.15, 0.2) is 48.5 Å². The summed E-state index contributed by atoms with van der Waals surface area (Å²) in [6.07, 6.45) is -5.23. The first kappa shape index (κ1) is 22.5. The average molecular weight is 411 g/mol. The van der Waals surface area contributed by atoms with Gasteiger partial charge in [-0.15, -0.1) is 13.2 Å². The van der Waals surface area contributed by atoms with Crippen LogP contribution in [0.2, 0.25) is 0 Å². The van der Waals surface area contributed by atoms with Crippen molar-refractivity contribution in [3.63, 3.8) is 0 Å². The number of alkyl halides is 3. The van der Waals surface area contributed by atoms with Gasteiger partial charge in [-0.25, -0.2) is 0 Å². The summed E-state index contributed by atoms with van der Waals surface area (Å²) in [5.74, 6) is -0.473. The molecule has 2 unspecified atom stereocenters. The number of ether oxygens (including phenoxy) is 2. The zero-order valence-electron chi connectivity index (χ0n) is 16.2. The number of nitrogens with one attached hydrogen (secondary N) is 1. The number of rotatable bonds is 9.